The maximum Gasteiger partial charge on any atom is 0.416 e. The molecule has 2 aromatic rings. The lowest BCUT2D eigenvalue weighted by Gasteiger charge is -2.07. The largest absolute Gasteiger partial charge is 0.461 e. The fourth-order valence-electron chi connectivity index (χ4n) is 1.50. The van der Waals surface area contributed by atoms with Gasteiger partial charge < -0.3 is 14.5 Å². The zero-order valence-corrected chi connectivity index (χ0v) is 10.9. The Balaban J connectivity index is 2.07. The second-order valence-corrected chi connectivity index (χ2v) is 3.96. The molecule has 5 nitrogen and oxygen atoms in total. The van der Waals surface area contributed by atoms with Crippen molar-refractivity contribution < 1.29 is 27.1 Å². The lowest BCUT2D eigenvalue weighted by atomic mass is 10.2. The molecule has 0 atom stereocenters. The molecule has 1 N–H and O–H groups in total. The molecule has 1 aromatic carbocycles. The number of oxazole rings is 1. The van der Waals surface area contributed by atoms with Crippen LogP contribution in [0.25, 0.3) is 0 Å². The number of rotatable bonds is 4. The van der Waals surface area contributed by atoms with Crippen LogP contribution in [0.5, 0.6) is 0 Å². The summed E-state index contributed by atoms with van der Waals surface area (Å²) < 4.78 is 46.9. The minimum Gasteiger partial charge on any atom is -0.461 e. The smallest absolute Gasteiger partial charge is 0.416 e. The van der Waals surface area contributed by atoms with Gasteiger partial charge in [-0.3, -0.25) is 0 Å². The summed E-state index contributed by atoms with van der Waals surface area (Å²) >= 11 is 0. The predicted octanol–water partition coefficient (Wildman–Crippen LogP) is 3.61. The number of esters is 1. The molecule has 0 saturated heterocycles. The summed E-state index contributed by atoms with van der Waals surface area (Å²) in [7, 11) is 0. The highest BCUT2D eigenvalue weighted by atomic mass is 19.4. The number of halogens is 3. The average molecular weight is 300 g/mol. The number of carbonyl (C=O) groups excluding carboxylic acids is 1. The van der Waals surface area contributed by atoms with E-state index in [0.717, 1.165) is 18.4 Å². The normalized spacial score (nSPS) is 11.2. The Labute approximate surface area is 117 Å². The van der Waals surface area contributed by atoms with Crippen LogP contribution in [0, 0.1) is 0 Å². The first-order chi connectivity index (χ1) is 9.90. The summed E-state index contributed by atoms with van der Waals surface area (Å²) in [5.74, 6) is -0.637. The first kappa shape index (κ1) is 14.9. The van der Waals surface area contributed by atoms with Crippen molar-refractivity contribution in [2.24, 2.45) is 0 Å². The van der Waals surface area contributed by atoms with Crippen molar-refractivity contribution in [2.45, 2.75) is 13.1 Å². The van der Waals surface area contributed by atoms with E-state index in [-0.39, 0.29) is 18.3 Å². The van der Waals surface area contributed by atoms with E-state index in [2.05, 4.69) is 10.3 Å². The Hall–Kier alpha value is -2.51. The van der Waals surface area contributed by atoms with Crippen molar-refractivity contribution in [1.29, 1.82) is 0 Å². The predicted molar refractivity (Wildman–Crippen MR) is 67.2 cm³/mol. The van der Waals surface area contributed by atoms with Crippen LogP contribution in [0.1, 0.15) is 23.0 Å². The maximum absolute atomic E-state index is 12.4. The van der Waals surface area contributed by atoms with Crippen LogP contribution in [0.4, 0.5) is 24.9 Å². The fourth-order valence-corrected chi connectivity index (χ4v) is 1.50. The molecule has 0 aliphatic carbocycles. The summed E-state index contributed by atoms with van der Waals surface area (Å²) in [5, 5.41) is 2.65. The Kier molecular flexibility index (Phi) is 4.15. The quantitative estimate of drug-likeness (QED) is 0.874. The van der Waals surface area contributed by atoms with E-state index in [0.29, 0.717) is 5.69 Å². The standard InChI is InChI=1S/C13H11F3N2O3/c1-2-20-11(19)10-7-21-12(18-10)17-9-5-3-8(4-6-9)13(14,15)16/h3-7H,2H2,1H3,(H,17,18). The highest BCUT2D eigenvalue weighted by Crippen LogP contribution is 2.30. The summed E-state index contributed by atoms with van der Waals surface area (Å²) in [4.78, 5) is 15.2. The zero-order chi connectivity index (χ0) is 15.5. The Morgan fingerprint density at radius 3 is 2.57 bits per heavy atom. The highest BCUT2D eigenvalue weighted by Gasteiger charge is 2.29. The van der Waals surface area contributed by atoms with Gasteiger partial charge in [-0.1, -0.05) is 0 Å². The van der Waals surface area contributed by atoms with Crippen molar-refractivity contribution in [3.05, 3.63) is 41.8 Å². The average Bonchev–Trinajstić information content (AvgIpc) is 2.87. The van der Waals surface area contributed by atoms with Gasteiger partial charge in [-0.05, 0) is 31.2 Å². The molecule has 0 spiro atoms. The van der Waals surface area contributed by atoms with Crippen molar-refractivity contribution in [2.75, 3.05) is 11.9 Å². The third-order valence-corrected chi connectivity index (χ3v) is 2.45. The van der Waals surface area contributed by atoms with Gasteiger partial charge in [0.05, 0.1) is 12.2 Å². The Morgan fingerprint density at radius 2 is 2.00 bits per heavy atom. The third kappa shape index (κ3) is 3.74. The fraction of sp³-hybridized carbons (Fsp3) is 0.231. The summed E-state index contributed by atoms with van der Waals surface area (Å²) in [6.07, 6.45) is -3.29. The van der Waals surface area contributed by atoms with Gasteiger partial charge in [0.2, 0.25) is 0 Å². The van der Waals surface area contributed by atoms with Crippen LogP contribution in [0.3, 0.4) is 0 Å². The molecular weight excluding hydrogens is 289 g/mol. The van der Waals surface area contributed by atoms with Crippen LogP contribution >= 0.6 is 0 Å². The maximum atomic E-state index is 12.4. The van der Waals surface area contributed by atoms with Gasteiger partial charge in [0.25, 0.3) is 6.01 Å². The lowest BCUT2D eigenvalue weighted by molar-refractivity contribution is -0.137. The molecule has 8 heteroatoms. The van der Waals surface area contributed by atoms with E-state index >= 15 is 0 Å². The van der Waals surface area contributed by atoms with Gasteiger partial charge in [-0.15, -0.1) is 0 Å². The molecule has 1 heterocycles. The van der Waals surface area contributed by atoms with Gasteiger partial charge in [-0.25, -0.2) is 4.79 Å². The molecule has 0 saturated carbocycles. The first-order valence-electron chi connectivity index (χ1n) is 5.97. The number of nitrogens with one attached hydrogen (secondary N) is 1. The lowest BCUT2D eigenvalue weighted by Crippen LogP contribution is -2.05. The number of aromatic nitrogens is 1. The molecule has 0 amide bonds. The van der Waals surface area contributed by atoms with E-state index in [4.69, 9.17) is 9.15 Å². The Bertz CT molecular complexity index is 620. The molecule has 0 aliphatic heterocycles. The number of carbonyl (C=O) groups is 1. The van der Waals surface area contributed by atoms with Gasteiger partial charge in [0, 0.05) is 5.69 Å². The number of alkyl halides is 3. The molecule has 2 rings (SSSR count). The van der Waals surface area contributed by atoms with Crippen molar-refractivity contribution in [3.8, 4) is 0 Å². The van der Waals surface area contributed by atoms with Crippen LogP contribution in [-0.2, 0) is 10.9 Å². The van der Waals surface area contributed by atoms with Gasteiger partial charge in [-0.2, -0.15) is 18.2 Å². The molecule has 21 heavy (non-hydrogen) atoms. The molecular formula is C13H11F3N2O3. The first-order valence-corrected chi connectivity index (χ1v) is 5.97. The van der Waals surface area contributed by atoms with E-state index < -0.39 is 17.7 Å². The molecule has 0 fully saturated rings. The van der Waals surface area contributed by atoms with E-state index in [1.165, 1.54) is 12.1 Å². The van der Waals surface area contributed by atoms with Crippen LogP contribution < -0.4 is 5.32 Å². The minimum atomic E-state index is -4.39. The van der Waals surface area contributed by atoms with Crippen LogP contribution in [-0.4, -0.2) is 17.6 Å². The third-order valence-electron chi connectivity index (χ3n) is 2.45. The molecule has 0 unspecified atom stereocenters. The Morgan fingerprint density at radius 1 is 1.33 bits per heavy atom. The number of hydrogen-bond acceptors (Lipinski definition) is 5. The van der Waals surface area contributed by atoms with Crippen molar-refractivity contribution >= 4 is 17.7 Å². The summed E-state index contributed by atoms with van der Waals surface area (Å²) in [5.41, 5.74) is -0.431. The molecule has 1 aromatic heterocycles. The van der Waals surface area contributed by atoms with Crippen LogP contribution in [0.15, 0.2) is 34.9 Å². The molecule has 0 bridgehead atoms. The van der Waals surface area contributed by atoms with Gasteiger partial charge in [0.1, 0.15) is 6.26 Å². The SMILES string of the molecule is CCOC(=O)c1coc(Nc2ccc(C(F)(F)F)cc2)n1. The second-order valence-electron chi connectivity index (χ2n) is 3.96. The molecule has 0 aliphatic rings. The van der Waals surface area contributed by atoms with Gasteiger partial charge in [0.15, 0.2) is 5.69 Å². The molecule has 0 radical (unpaired) electrons. The zero-order valence-electron chi connectivity index (χ0n) is 10.9. The number of nitrogens with zero attached hydrogens (tertiary/aromatic N) is 1. The summed E-state index contributed by atoms with van der Waals surface area (Å²) in [6.45, 7) is 1.85. The minimum absolute atomic E-state index is 0.0159. The van der Waals surface area contributed by atoms with E-state index in [1.807, 2.05) is 0 Å². The van der Waals surface area contributed by atoms with E-state index in [9.17, 15) is 18.0 Å². The topological polar surface area (TPSA) is 64.4 Å². The van der Waals surface area contributed by atoms with Crippen molar-refractivity contribution in [1.82, 2.24) is 4.98 Å². The van der Waals surface area contributed by atoms with E-state index in [1.54, 1.807) is 6.92 Å². The number of hydrogen-bond donors (Lipinski definition) is 1. The molecule has 112 valence electrons. The van der Waals surface area contributed by atoms with Gasteiger partial charge >= 0.3 is 12.1 Å². The number of anilines is 2. The second kappa shape index (κ2) is 5.86. The number of benzene rings is 1. The number of ether oxygens (including phenoxy) is 1. The van der Waals surface area contributed by atoms with Crippen molar-refractivity contribution in [3.63, 3.8) is 0 Å². The highest BCUT2D eigenvalue weighted by molar-refractivity contribution is 5.87. The monoisotopic (exact) mass is 300 g/mol. The van der Waals surface area contributed by atoms with Crippen LogP contribution in [0.2, 0.25) is 0 Å². The summed E-state index contributed by atoms with van der Waals surface area (Å²) in [6, 6.07) is 4.31.